The van der Waals surface area contributed by atoms with Gasteiger partial charge in [0, 0.05) is 87.1 Å². The summed E-state index contributed by atoms with van der Waals surface area (Å²) in [6.45, 7) is 17.4. The fraction of sp³-hybridized carbons (Fsp3) is 0.596. The number of ketones is 1. The number of anilines is 1. The highest BCUT2D eigenvalue weighted by Gasteiger charge is 2.50. The molecule has 4 heterocycles. The number of carbonyl (C=O) groups excluding carboxylic acids is 3. The van der Waals surface area contributed by atoms with Gasteiger partial charge in [0.15, 0.2) is 11.4 Å². The van der Waals surface area contributed by atoms with Crippen LogP contribution in [0.2, 0.25) is 0 Å². The predicted octanol–water partition coefficient (Wildman–Crippen LogP) is 5.32. The molecule has 0 radical (unpaired) electrons. The zero-order valence-electron chi connectivity index (χ0n) is 39.6. The summed E-state index contributed by atoms with van der Waals surface area (Å²) in [4.78, 5) is 53.4. The average molecular weight is 941 g/mol. The van der Waals surface area contributed by atoms with Gasteiger partial charge in [-0.1, -0.05) is 45.9 Å². The highest BCUT2D eigenvalue weighted by molar-refractivity contribution is 7.53. The van der Waals surface area contributed by atoms with E-state index in [1.807, 2.05) is 4.90 Å². The second kappa shape index (κ2) is 19.9. The fourth-order valence-electron chi connectivity index (χ4n) is 9.40. The number of piperidine rings is 1. The second-order valence-electron chi connectivity index (χ2n) is 18.0. The smallest absolute Gasteiger partial charge is 0.344 e. The van der Waals surface area contributed by atoms with E-state index in [9.17, 15) is 39.4 Å². The van der Waals surface area contributed by atoms with Crippen LogP contribution in [0.1, 0.15) is 91.1 Å². The Hall–Kier alpha value is -4.68. The lowest BCUT2D eigenvalue weighted by Crippen LogP contribution is -2.46. The Morgan fingerprint density at radius 3 is 2.18 bits per heavy atom. The number of hydrogen-bond acceptors (Lipinski definition) is 17. The van der Waals surface area contributed by atoms with Crippen LogP contribution < -0.4 is 20.8 Å². The van der Waals surface area contributed by atoms with Crippen LogP contribution in [0, 0.1) is 30.6 Å². The first-order valence-electron chi connectivity index (χ1n) is 22.5. The number of esters is 1. The molecule has 0 aromatic heterocycles. The monoisotopic (exact) mass is 940 g/mol. The number of carbonyl (C=O) groups is 3. The number of nitrogens with one attached hydrogen (secondary N) is 1. The van der Waals surface area contributed by atoms with Crippen LogP contribution in [-0.2, 0) is 37.4 Å². The van der Waals surface area contributed by atoms with Crippen LogP contribution in [0.25, 0.3) is 10.8 Å². The number of hydrogen-bond donors (Lipinski definition) is 5. The van der Waals surface area contributed by atoms with Crippen molar-refractivity contribution in [1.29, 1.82) is 0 Å². The van der Waals surface area contributed by atoms with Crippen molar-refractivity contribution in [3.8, 4) is 17.2 Å². The maximum Gasteiger partial charge on any atom is 0.344 e. The van der Waals surface area contributed by atoms with Crippen molar-refractivity contribution >= 4 is 41.7 Å². The average Bonchev–Trinajstić information content (AvgIpc) is 3.77. The van der Waals surface area contributed by atoms with Crippen molar-refractivity contribution < 1.29 is 67.4 Å². The van der Waals surface area contributed by atoms with Crippen LogP contribution in [-0.4, -0.2) is 119 Å². The van der Waals surface area contributed by atoms with Crippen molar-refractivity contribution in [3.05, 3.63) is 58.0 Å². The minimum Gasteiger partial charge on any atom is -0.507 e. The number of aliphatic hydroxyl groups excluding tert-OH is 2. The summed E-state index contributed by atoms with van der Waals surface area (Å²) in [6.07, 6.45) is 4.37. The lowest BCUT2D eigenvalue weighted by molar-refractivity contribution is -0.160. The Bertz CT molecular complexity index is 2490. The molecule has 2 aromatic carbocycles. The summed E-state index contributed by atoms with van der Waals surface area (Å²) in [6, 6.07) is 0. The van der Waals surface area contributed by atoms with Crippen LogP contribution in [0.3, 0.4) is 0 Å². The van der Waals surface area contributed by atoms with Gasteiger partial charge in [0.25, 0.3) is 11.7 Å². The van der Waals surface area contributed by atoms with E-state index >= 15 is 0 Å². The Balaban J connectivity index is 1.52. The van der Waals surface area contributed by atoms with Gasteiger partial charge in [0.2, 0.25) is 0 Å². The molecule has 18 nitrogen and oxygen atoms in total. The van der Waals surface area contributed by atoms with Gasteiger partial charge >= 0.3 is 19.4 Å². The minimum absolute atomic E-state index is 0.0103. The van der Waals surface area contributed by atoms with Gasteiger partial charge in [-0.3, -0.25) is 33.8 Å². The molecule has 1 saturated heterocycles. The molecule has 0 unspecified atom stereocenters. The van der Waals surface area contributed by atoms with E-state index in [2.05, 4.69) is 5.32 Å². The summed E-state index contributed by atoms with van der Waals surface area (Å²) in [5.74, 6) is -7.37. The quantitative estimate of drug-likeness (QED) is 0.128. The van der Waals surface area contributed by atoms with E-state index in [0.717, 1.165) is 0 Å². The second-order valence-corrected chi connectivity index (χ2v) is 20.0. The SMILES string of the molecule is CCOP(=O)(CN1CCC2(CC1)N=c1c3c(O)c4c(O)c(C)c5c(c4c1=N2)C(=O)[C@@](C)(O/C=C/[C@H](OC)[C@@H](C)[C@@H](OC(C)=O)[C@H](C)[C@H](O)[C@H](C)[C@@H](O)[C@@H](C)/C=C/C=C(/C)C(=O)N3)O5)OCC. The maximum absolute atomic E-state index is 14.8. The standard InChI is InChI=1S/C47H65N4O14P/c1-12-62-66(59,63-13-2)23-51-20-18-47(19-21-51)49-35-32-33-40(55)29(8)43-34(32)44(57)46(10,65-43)61-22-17-31(60-11)26(5)42(64-30(9)52)28(7)39(54)27(6)38(53)24(3)15-14-16-25(4)45(58)48-37(41(33)56)36(35)50-47/h14-17,22,24,26-28,31,38-39,42,53-56H,12-13,18-21,23H2,1-11H3,(H,48,58)/b15-14+,22-17+,25-16-/t24-,26+,27+,28+,31-,38-,39+,42+,46-/m0/s1. The van der Waals surface area contributed by atoms with E-state index < -0.39 is 96.3 Å². The van der Waals surface area contributed by atoms with Crippen LogP contribution in [0.4, 0.5) is 5.69 Å². The number of rotatable bonds is 8. The van der Waals surface area contributed by atoms with Gasteiger partial charge in [-0.15, -0.1) is 0 Å². The third-order valence-corrected chi connectivity index (χ3v) is 15.3. The number of ether oxygens (including phenoxy) is 4. The molecule has 4 aliphatic rings. The maximum atomic E-state index is 14.8. The number of phenolic OH excluding ortho intramolecular Hbond substituents is 2. The topological polar surface area (TPSA) is 245 Å². The van der Waals surface area contributed by atoms with E-state index in [-0.39, 0.29) is 69.1 Å². The third kappa shape index (κ3) is 9.69. The number of nitrogens with zero attached hydrogens (tertiary/aromatic N) is 3. The fourth-order valence-corrected chi connectivity index (χ4v) is 11.2. The summed E-state index contributed by atoms with van der Waals surface area (Å²) in [7, 11) is -1.98. The zero-order chi connectivity index (χ0) is 48.6. The first-order chi connectivity index (χ1) is 31.1. The molecule has 5 N–H and O–H groups in total. The van der Waals surface area contributed by atoms with Crippen molar-refractivity contribution in [1.82, 2.24) is 4.90 Å². The van der Waals surface area contributed by atoms with E-state index in [1.54, 1.807) is 60.6 Å². The number of phenols is 2. The molecule has 6 rings (SSSR count). The van der Waals surface area contributed by atoms with Gasteiger partial charge in [-0.2, -0.15) is 0 Å². The zero-order valence-corrected chi connectivity index (χ0v) is 40.5. The summed E-state index contributed by atoms with van der Waals surface area (Å²) >= 11 is 0. The lowest BCUT2D eigenvalue weighted by Gasteiger charge is -2.38. The van der Waals surface area contributed by atoms with Crippen molar-refractivity contribution in [2.24, 2.45) is 33.7 Å². The first kappa shape index (κ1) is 50.7. The number of likely N-dealkylation sites (tertiary alicyclic amines) is 1. The molecule has 19 heteroatoms. The van der Waals surface area contributed by atoms with E-state index in [1.165, 1.54) is 46.3 Å². The molecule has 4 aliphatic heterocycles. The minimum atomic E-state index is -3.43. The number of amides is 1. The van der Waals surface area contributed by atoms with Gasteiger partial charge in [0.05, 0.1) is 54.1 Å². The molecular formula is C47H65N4O14P. The highest BCUT2D eigenvalue weighted by atomic mass is 31.2. The number of aromatic hydroxyl groups is 2. The Morgan fingerprint density at radius 2 is 1.58 bits per heavy atom. The molecule has 0 aliphatic carbocycles. The van der Waals surface area contributed by atoms with Gasteiger partial charge in [-0.05, 0) is 33.8 Å². The van der Waals surface area contributed by atoms with E-state index in [4.69, 9.17) is 38.0 Å². The molecule has 9 atom stereocenters. The molecule has 2 aromatic rings. The van der Waals surface area contributed by atoms with Crippen molar-refractivity contribution in [3.63, 3.8) is 0 Å². The molecule has 4 bridgehead atoms. The number of methoxy groups -OCH3 is 1. The Labute approximate surface area is 384 Å². The van der Waals surface area contributed by atoms with Gasteiger partial charge < -0.3 is 53.7 Å². The molecule has 66 heavy (non-hydrogen) atoms. The summed E-state index contributed by atoms with van der Waals surface area (Å²) in [5.41, 5.74) is -1.00. The number of benzene rings is 2. The van der Waals surface area contributed by atoms with Crippen LogP contribution in [0.5, 0.6) is 17.2 Å². The number of allylic oxidation sites excluding steroid dienone is 2. The van der Waals surface area contributed by atoms with Gasteiger partial charge in [0.1, 0.15) is 34.9 Å². The molecule has 1 spiro atoms. The number of aliphatic hydroxyl groups is 2. The molecule has 362 valence electrons. The first-order valence-corrected chi connectivity index (χ1v) is 24.2. The van der Waals surface area contributed by atoms with Gasteiger partial charge in [-0.25, -0.2) is 0 Å². The number of fused-ring (bicyclic) bond motifs is 1. The third-order valence-electron chi connectivity index (χ3n) is 13.3. The normalized spacial score (nSPS) is 31.3. The van der Waals surface area contributed by atoms with Crippen LogP contribution in [0.15, 0.2) is 46.1 Å². The van der Waals surface area contributed by atoms with E-state index in [0.29, 0.717) is 25.9 Å². The molecule has 0 saturated carbocycles. The van der Waals surface area contributed by atoms with Crippen molar-refractivity contribution in [2.45, 2.75) is 118 Å². The Kier molecular flexibility index (Phi) is 15.3. The summed E-state index contributed by atoms with van der Waals surface area (Å²) < 4.78 is 48.5. The molecule has 1 amide bonds. The lowest BCUT2D eigenvalue weighted by atomic mass is 9.78. The van der Waals surface area contributed by atoms with Crippen LogP contribution >= 0.6 is 7.60 Å². The largest absolute Gasteiger partial charge is 0.507 e. The highest BCUT2D eigenvalue weighted by Crippen LogP contribution is 2.51. The molecule has 1 fully saturated rings. The predicted molar refractivity (Wildman–Crippen MR) is 244 cm³/mol. The summed E-state index contributed by atoms with van der Waals surface area (Å²) in [5, 5.41) is 50.0. The molecular weight excluding hydrogens is 876 g/mol. The number of Topliss-reactive ketones (excluding diaryl/α,β-unsaturated/α-hetero) is 1. The van der Waals surface area contributed by atoms with Crippen molar-refractivity contribution in [2.75, 3.05) is 45.0 Å². The Morgan fingerprint density at radius 1 is 0.939 bits per heavy atom.